The van der Waals surface area contributed by atoms with Gasteiger partial charge in [-0.15, -0.1) is 0 Å². The number of hydrogen-bond donors (Lipinski definition) is 1. The van der Waals surface area contributed by atoms with E-state index in [9.17, 15) is 28.4 Å². The highest BCUT2D eigenvalue weighted by Gasteiger charge is 2.37. The predicted octanol–water partition coefficient (Wildman–Crippen LogP) is 1.65. The van der Waals surface area contributed by atoms with Crippen LogP contribution in [0.2, 0.25) is 0 Å². The lowest BCUT2D eigenvalue weighted by atomic mass is 10.3. The molecule has 25 heavy (non-hydrogen) atoms. The van der Waals surface area contributed by atoms with Gasteiger partial charge in [-0.25, -0.2) is 8.42 Å². The Balaban J connectivity index is 2.56. The third-order valence-electron chi connectivity index (χ3n) is 3.48. The van der Waals surface area contributed by atoms with Crippen molar-refractivity contribution in [3.8, 4) is 0 Å². The first-order valence-electron chi connectivity index (χ1n) is 7.13. The number of carbonyl (C=O) groups is 1. The number of pyridine rings is 1. The molecule has 0 fully saturated rings. The zero-order chi connectivity index (χ0) is 18.6. The highest BCUT2D eigenvalue weighted by atomic mass is 32.2. The number of sulfonamides is 1. The van der Waals surface area contributed by atoms with Gasteiger partial charge in [0.05, 0.1) is 17.2 Å². The number of carboxylic acids is 1. The van der Waals surface area contributed by atoms with Gasteiger partial charge in [-0.1, -0.05) is 18.2 Å². The molecule has 1 atom stereocenters. The van der Waals surface area contributed by atoms with Crippen LogP contribution in [0, 0.1) is 10.1 Å². The van der Waals surface area contributed by atoms with Gasteiger partial charge in [0, 0.05) is 12.3 Å². The van der Waals surface area contributed by atoms with E-state index in [0.29, 0.717) is 10.00 Å². The van der Waals surface area contributed by atoms with E-state index in [1.807, 2.05) is 0 Å². The maximum atomic E-state index is 12.9. The zero-order valence-corrected chi connectivity index (χ0v) is 14.0. The highest BCUT2D eigenvalue weighted by molar-refractivity contribution is 7.89. The summed E-state index contributed by atoms with van der Waals surface area (Å²) in [6.45, 7) is 0.861. The summed E-state index contributed by atoms with van der Waals surface area (Å²) in [7, 11) is -4.45. The summed E-state index contributed by atoms with van der Waals surface area (Å²) >= 11 is 0. The third-order valence-corrected chi connectivity index (χ3v) is 5.45. The van der Waals surface area contributed by atoms with E-state index in [1.54, 1.807) is 12.1 Å². The van der Waals surface area contributed by atoms with Crippen molar-refractivity contribution in [1.29, 1.82) is 0 Å². The number of nitrogens with zero attached hydrogens (tertiary/aromatic N) is 3. The number of carboxylic acid groups (broad SMARTS) is 1. The molecule has 1 N–H and O–H groups in total. The first kappa shape index (κ1) is 18.5. The summed E-state index contributed by atoms with van der Waals surface area (Å²) < 4.78 is 26.6. The number of para-hydroxylation sites is 1. The Morgan fingerprint density at radius 2 is 1.92 bits per heavy atom. The fourth-order valence-corrected chi connectivity index (χ4v) is 3.88. The SMILES string of the molecule is C[C@@H](C(=O)O)N(Cc1ccccn1)S(=O)(=O)c1ccccc1[N+](=O)[O-]. The number of rotatable bonds is 7. The van der Waals surface area contributed by atoms with Gasteiger partial charge in [-0.3, -0.25) is 19.9 Å². The summed E-state index contributed by atoms with van der Waals surface area (Å²) in [5.74, 6) is -1.38. The van der Waals surface area contributed by atoms with Crippen LogP contribution in [0.25, 0.3) is 0 Å². The fourth-order valence-electron chi connectivity index (χ4n) is 2.16. The topological polar surface area (TPSA) is 131 Å². The molecule has 1 aromatic heterocycles. The van der Waals surface area contributed by atoms with E-state index in [1.165, 1.54) is 31.3 Å². The molecule has 0 radical (unpaired) electrons. The van der Waals surface area contributed by atoms with Crippen molar-refractivity contribution in [2.24, 2.45) is 0 Å². The van der Waals surface area contributed by atoms with Crippen molar-refractivity contribution in [1.82, 2.24) is 9.29 Å². The zero-order valence-electron chi connectivity index (χ0n) is 13.1. The Kier molecular flexibility index (Phi) is 5.45. The van der Waals surface area contributed by atoms with Gasteiger partial charge in [0.2, 0.25) is 0 Å². The van der Waals surface area contributed by atoms with Crippen LogP contribution < -0.4 is 0 Å². The number of nitro groups is 1. The van der Waals surface area contributed by atoms with E-state index >= 15 is 0 Å². The maximum Gasteiger partial charge on any atom is 0.321 e. The van der Waals surface area contributed by atoms with Crippen molar-refractivity contribution in [2.45, 2.75) is 24.4 Å². The Morgan fingerprint density at radius 3 is 2.48 bits per heavy atom. The van der Waals surface area contributed by atoms with Gasteiger partial charge in [-0.05, 0) is 25.1 Å². The normalized spacial score (nSPS) is 12.7. The summed E-state index contributed by atoms with van der Waals surface area (Å²) in [4.78, 5) is 25.1. The molecule has 1 aromatic carbocycles. The van der Waals surface area contributed by atoms with Gasteiger partial charge in [0.15, 0.2) is 4.90 Å². The molecule has 0 aliphatic heterocycles. The minimum atomic E-state index is -4.45. The Hall–Kier alpha value is -2.85. The minimum absolute atomic E-state index is 0.317. The number of hydrogen-bond acceptors (Lipinski definition) is 6. The molecule has 0 unspecified atom stereocenters. The van der Waals surface area contributed by atoms with Crippen LogP contribution in [-0.4, -0.2) is 39.7 Å². The quantitative estimate of drug-likeness (QED) is 0.583. The first-order chi connectivity index (χ1) is 11.7. The molecule has 0 saturated heterocycles. The molecule has 0 spiro atoms. The van der Waals surface area contributed by atoms with Crippen LogP contribution in [0.5, 0.6) is 0 Å². The number of benzene rings is 1. The Bertz CT molecular complexity index is 885. The van der Waals surface area contributed by atoms with Gasteiger partial charge < -0.3 is 5.11 Å². The van der Waals surface area contributed by atoms with E-state index in [-0.39, 0.29) is 6.54 Å². The van der Waals surface area contributed by atoms with E-state index in [4.69, 9.17) is 0 Å². The molecule has 132 valence electrons. The van der Waals surface area contributed by atoms with Crippen molar-refractivity contribution in [2.75, 3.05) is 0 Å². The van der Waals surface area contributed by atoms with E-state index in [2.05, 4.69) is 4.98 Å². The fraction of sp³-hybridized carbons (Fsp3) is 0.200. The van der Waals surface area contributed by atoms with Crippen LogP contribution in [0.3, 0.4) is 0 Å². The molecule has 0 saturated carbocycles. The smallest absolute Gasteiger partial charge is 0.321 e. The number of aromatic nitrogens is 1. The van der Waals surface area contributed by atoms with Gasteiger partial charge in [0.25, 0.3) is 15.7 Å². The predicted molar refractivity (Wildman–Crippen MR) is 87.2 cm³/mol. The summed E-state index contributed by atoms with van der Waals surface area (Å²) in [6.07, 6.45) is 1.44. The average molecular weight is 365 g/mol. The molecule has 0 aliphatic carbocycles. The van der Waals surface area contributed by atoms with Gasteiger partial charge >= 0.3 is 5.97 Å². The van der Waals surface area contributed by atoms with Crippen LogP contribution in [-0.2, 0) is 21.4 Å². The van der Waals surface area contributed by atoms with Crippen LogP contribution in [0.4, 0.5) is 5.69 Å². The second-order valence-corrected chi connectivity index (χ2v) is 6.97. The molecule has 0 aliphatic rings. The molecule has 0 amide bonds. The van der Waals surface area contributed by atoms with E-state index in [0.717, 1.165) is 12.1 Å². The molecule has 9 nitrogen and oxygen atoms in total. The van der Waals surface area contributed by atoms with Crippen LogP contribution in [0.15, 0.2) is 53.6 Å². The molecular weight excluding hydrogens is 350 g/mol. The second-order valence-electron chi connectivity index (χ2n) is 5.11. The lowest BCUT2D eigenvalue weighted by Crippen LogP contribution is -2.43. The summed E-state index contributed by atoms with van der Waals surface area (Å²) in [6, 6.07) is 8.16. The molecule has 2 rings (SSSR count). The number of aliphatic carboxylic acids is 1. The first-order valence-corrected chi connectivity index (χ1v) is 8.57. The summed E-state index contributed by atoms with van der Waals surface area (Å²) in [5.41, 5.74) is -0.302. The second kappa shape index (κ2) is 7.36. The Morgan fingerprint density at radius 1 is 1.28 bits per heavy atom. The molecule has 2 aromatic rings. The largest absolute Gasteiger partial charge is 0.480 e. The lowest BCUT2D eigenvalue weighted by molar-refractivity contribution is -0.387. The maximum absolute atomic E-state index is 12.9. The molecule has 10 heteroatoms. The van der Waals surface area contributed by atoms with E-state index < -0.39 is 37.5 Å². The lowest BCUT2D eigenvalue weighted by Gasteiger charge is -2.25. The molecule has 0 bridgehead atoms. The van der Waals surface area contributed by atoms with Crippen molar-refractivity contribution in [3.63, 3.8) is 0 Å². The molecular formula is C15H15N3O6S. The van der Waals surface area contributed by atoms with Gasteiger partial charge in [-0.2, -0.15) is 4.31 Å². The van der Waals surface area contributed by atoms with Crippen LogP contribution >= 0.6 is 0 Å². The van der Waals surface area contributed by atoms with Crippen molar-refractivity contribution >= 4 is 21.7 Å². The van der Waals surface area contributed by atoms with Crippen molar-refractivity contribution < 1.29 is 23.2 Å². The van der Waals surface area contributed by atoms with Crippen molar-refractivity contribution in [3.05, 3.63) is 64.5 Å². The monoisotopic (exact) mass is 365 g/mol. The Labute approximate surface area is 143 Å². The summed E-state index contributed by atoms with van der Waals surface area (Å²) in [5, 5.41) is 20.4. The van der Waals surface area contributed by atoms with Crippen LogP contribution in [0.1, 0.15) is 12.6 Å². The highest BCUT2D eigenvalue weighted by Crippen LogP contribution is 2.28. The average Bonchev–Trinajstić information content (AvgIpc) is 2.59. The molecule has 1 heterocycles. The third kappa shape index (κ3) is 3.98. The minimum Gasteiger partial charge on any atom is -0.480 e. The van der Waals surface area contributed by atoms with Gasteiger partial charge in [0.1, 0.15) is 6.04 Å². The number of nitro benzene ring substituents is 1. The standard InChI is InChI=1S/C15H15N3O6S/c1-11(15(19)20)17(10-12-6-4-5-9-16-12)25(23,24)14-8-3-2-7-13(14)18(21)22/h2-9,11H,10H2,1H3,(H,19,20)/t11-/m0/s1.